The number of nitrogens with zero attached hydrogens (tertiary/aromatic N) is 1. The van der Waals surface area contributed by atoms with E-state index in [0.29, 0.717) is 13.0 Å². The normalized spacial score (nSPS) is 20.6. The fourth-order valence-electron chi connectivity index (χ4n) is 1.85. The molecule has 1 aromatic carbocycles. The Morgan fingerprint density at radius 2 is 2.00 bits per heavy atom. The van der Waals surface area contributed by atoms with E-state index < -0.39 is 17.8 Å². The third-order valence-corrected chi connectivity index (χ3v) is 3.23. The van der Waals surface area contributed by atoms with Crippen LogP contribution in [0.1, 0.15) is 12.0 Å². The molecule has 2 rings (SSSR count). The number of carbonyl (C=O) groups excluding carboxylic acids is 1. The number of benzene rings is 1. The maximum absolute atomic E-state index is 12.7. The molecule has 0 bridgehead atoms. The fourth-order valence-corrected chi connectivity index (χ4v) is 2.33. The molecule has 1 amide bonds. The minimum atomic E-state index is -4.44. The van der Waals surface area contributed by atoms with Gasteiger partial charge in [0.25, 0.3) is 0 Å². The van der Waals surface area contributed by atoms with Gasteiger partial charge < -0.3 is 10.6 Å². The van der Waals surface area contributed by atoms with Gasteiger partial charge in [0.1, 0.15) is 0 Å². The van der Waals surface area contributed by atoms with Crippen molar-refractivity contribution in [3.63, 3.8) is 0 Å². The molecule has 0 radical (unpaired) electrons. The van der Waals surface area contributed by atoms with Crippen molar-refractivity contribution in [2.24, 2.45) is 5.73 Å². The van der Waals surface area contributed by atoms with Crippen LogP contribution in [0.4, 0.5) is 18.9 Å². The number of alkyl halides is 3. The minimum Gasteiger partial charge on any atom is -0.320 e. The first kappa shape index (κ1) is 13.4. The van der Waals surface area contributed by atoms with Gasteiger partial charge in [-0.3, -0.25) is 4.79 Å². The molecule has 0 saturated carbocycles. The van der Waals surface area contributed by atoms with Crippen molar-refractivity contribution in [2.45, 2.75) is 18.6 Å². The average Bonchev–Trinajstić information content (AvgIpc) is 2.58. The Labute approximate surface area is 110 Å². The van der Waals surface area contributed by atoms with E-state index in [1.807, 2.05) is 0 Å². The molecule has 7 heteroatoms. The smallest absolute Gasteiger partial charge is 0.320 e. The Balaban J connectivity index is 2.40. The molecule has 1 saturated heterocycles. The van der Waals surface area contributed by atoms with E-state index in [4.69, 9.17) is 5.73 Å². The van der Waals surface area contributed by atoms with E-state index in [1.54, 1.807) is 0 Å². The molecule has 1 aliphatic rings. The summed E-state index contributed by atoms with van der Waals surface area (Å²) < 4.78 is 38.3. The number of anilines is 1. The summed E-state index contributed by atoms with van der Waals surface area (Å²) in [5.74, 6) is -0.346. The summed E-state index contributed by atoms with van der Waals surface area (Å²) in [6, 6.07) is 2.79. The lowest BCUT2D eigenvalue weighted by Crippen LogP contribution is -2.34. The van der Waals surface area contributed by atoms with Gasteiger partial charge >= 0.3 is 6.18 Å². The Hall–Kier alpha value is -1.08. The van der Waals surface area contributed by atoms with Gasteiger partial charge in [0.2, 0.25) is 5.91 Å². The Morgan fingerprint density at radius 1 is 1.33 bits per heavy atom. The number of rotatable bonds is 1. The van der Waals surface area contributed by atoms with Gasteiger partial charge in [0, 0.05) is 16.7 Å². The molecule has 3 nitrogen and oxygen atoms in total. The van der Waals surface area contributed by atoms with Gasteiger partial charge in [0.05, 0.1) is 11.6 Å². The highest BCUT2D eigenvalue weighted by Gasteiger charge is 2.34. The Morgan fingerprint density at radius 3 is 2.50 bits per heavy atom. The van der Waals surface area contributed by atoms with E-state index >= 15 is 0 Å². The van der Waals surface area contributed by atoms with Crippen LogP contribution in [0.3, 0.4) is 0 Å². The zero-order valence-corrected chi connectivity index (χ0v) is 10.8. The van der Waals surface area contributed by atoms with Gasteiger partial charge in [-0.05, 0) is 24.6 Å². The summed E-state index contributed by atoms with van der Waals surface area (Å²) in [5.41, 5.74) is 4.97. The number of hydrogen-bond acceptors (Lipinski definition) is 2. The summed E-state index contributed by atoms with van der Waals surface area (Å²) >= 11 is 3.02. The summed E-state index contributed by atoms with van der Waals surface area (Å²) in [7, 11) is 0. The molecule has 1 fully saturated rings. The highest BCUT2D eigenvalue weighted by Crippen LogP contribution is 2.35. The lowest BCUT2D eigenvalue weighted by atomic mass is 10.2. The fraction of sp³-hybridized carbons (Fsp3) is 0.364. The monoisotopic (exact) mass is 322 g/mol. The van der Waals surface area contributed by atoms with Crippen molar-refractivity contribution in [3.8, 4) is 0 Å². The van der Waals surface area contributed by atoms with E-state index in [9.17, 15) is 18.0 Å². The first-order valence-corrected chi connectivity index (χ1v) is 6.03. The van der Waals surface area contributed by atoms with Crippen LogP contribution < -0.4 is 10.6 Å². The molecule has 0 aliphatic carbocycles. The summed E-state index contributed by atoms with van der Waals surface area (Å²) in [6.45, 7) is 0.341. The molecule has 18 heavy (non-hydrogen) atoms. The predicted octanol–water partition coefficient (Wildman–Crippen LogP) is 2.53. The molecule has 1 aliphatic heterocycles. The van der Waals surface area contributed by atoms with Crippen LogP contribution in [0.5, 0.6) is 0 Å². The lowest BCUT2D eigenvalue weighted by molar-refractivity contribution is -0.137. The third kappa shape index (κ3) is 2.51. The largest absolute Gasteiger partial charge is 0.416 e. The highest BCUT2D eigenvalue weighted by molar-refractivity contribution is 9.10. The molecule has 1 unspecified atom stereocenters. The first-order chi connectivity index (χ1) is 8.29. The van der Waals surface area contributed by atoms with E-state index in [-0.39, 0.29) is 16.1 Å². The molecular weight excluding hydrogens is 313 g/mol. The van der Waals surface area contributed by atoms with E-state index in [2.05, 4.69) is 15.9 Å². The SMILES string of the molecule is NC1CCN(c2cc(Br)cc(C(F)(F)F)c2)C1=O. The minimum absolute atomic E-state index is 0.217. The zero-order valence-electron chi connectivity index (χ0n) is 9.17. The van der Waals surface area contributed by atoms with Crippen molar-refractivity contribution >= 4 is 27.5 Å². The van der Waals surface area contributed by atoms with Gasteiger partial charge in [-0.15, -0.1) is 0 Å². The topological polar surface area (TPSA) is 46.3 Å². The van der Waals surface area contributed by atoms with Crippen molar-refractivity contribution in [3.05, 3.63) is 28.2 Å². The standard InChI is InChI=1S/C11H10BrF3N2O/c12-7-3-6(11(13,14)15)4-8(5-7)17-2-1-9(16)10(17)18/h3-5,9H,1-2,16H2. The second-order valence-corrected chi connectivity index (χ2v) is 5.00. The average molecular weight is 323 g/mol. The third-order valence-electron chi connectivity index (χ3n) is 2.77. The molecule has 0 spiro atoms. The molecular formula is C11H10BrF3N2O. The Bertz CT molecular complexity index is 490. The second kappa shape index (κ2) is 4.55. The summed E-state index contributed by atoms with van der Waals surface area (Å²) in [5, 5.41) is 0. The van der Waals surface area contributed by atoms with E-state index in [0.717, 1.165) is 12.1 Å². The summed E-state index contributed by atoms with van der Waals surface area (Å²) in [4.78, 5) is 13.0. The number of nitrogens with two attached hydrogens (primary N) is 1. The predicted molar refractivity (Wildman–Crippen MR) is 64.1 cm³/mol. The molecule has 1 aromatic rings. The van der Waals surface area contributed by atoms with Crippen LogP contribution in [0.15, 0.2) is 22.7 Å². The number of halogens is 4. The van der Waals surface area contributed by atoms with Crippen molar-refractivity contribution < 1.29 is 18.0 Å². The highest BCUT2D eigenvalue weighted by atomic mass is 79.9. The summed E-state index contributed by atoms with van der Waals surface area (Å²) in [6.07, 6.45) is -3.99. The van der Waals surface area contributed by atoms with Crippen LogP contribution in [0, 0.1) is 0 Å². The van der Waals surface area contributed by atoms with Crippen LogP contribution in [-0.4, -0.2) is 18.5 Å². The van der Waals surface area contributed by atoms with Crippen LogP contribution in [0.2, 0.25) is 0 Å². The van der Waals surface area contributed by atoms with Gasteiger partial charge in [-0.2, -0.15) is 13.2 Å². The molecule has 0 aromatic heterocycles. The molecule has 98 valence electrons. The Kier molecular flexibility index (Phi) is 3.37. The number of hydrogen-bond donors (Lipinski definition) is 1. The van der Waals surface area contributed by atoms with Crippen LogP contribution in [0.25, 0.3) is 0 Å². The van der Waals surface area contributed by atoms with Crippen molar-refractivity contribution in [1.29, 1.82) is 0 Å². The lowest BCUT2D eigenvalue weighted by Gasteiger charge is -2.18. The molecule has 1 atom stereocenters. The van der Waals surface area contributed by atoms with Crippen LogP contribution >= 0.6 is 15.9 Å². The van der Waals surface area contributed by atoms with E-state index in [1.165, 1.54) is 11.0 Å². The van der Waals surface area contributed by atoms with Crippen LogP contribution in [-0.2, 0) is 11.0 Å². The van der Waals surface area contributed by atoms with Gasteiger partial charge in [0.15, 0.2) is 0 Å². The molecule has 2 N–H and O–H groups in total. The number of amides is 1. The number of carbonyl (C=O) groups is 1. The van der Waals surface area contributed by atoms with Gasteiger partial charge in [-0.1, -0.05) is 15.9 Å². The van der Waals surface area contributed by atoms with Crippen molar-refractivity contribution in [1.82, 2.24) is 0 Å². The first-order valence-electron chi connectivity index (χ1n) is 5.24. The second-order valence-electron chi connectivity index (χ2n) is 4.08. The maximum Gasteiger partial charge on any atom is 0.416 e. The van der Waals surface area contributed by atoms with Gasteiger partial charge in [-0.25, -0.2) is 0 Å². The molecule has 1 heterocycles. The quantitative estimate of drug-likeness (QED) is 0.863. The maximum atomic E-state index is 12.7. The van der Waals surface area contributed by atoms with Crippen molar-refractivity contribution in [2.75, 3.05) is 11.4 Å². The zero-order chi connectivity index (χ0) is 13.5.